The van der Waals surface area contributed by atoms with Crippen molar-refractivity contribution < 1.29 is 19.2 Å². The Morgan fingerprint density at radius 2 is 2.00 bits per heavy atom. The molecule has 0 saturated heterocycles. The minimum absolute atomic E-state index is 0.0505. The number of fused-ring (bicyclic) bond motifs is 1. The Morgan fingerprint density at radius 3 is 2.74 bits per heavy atom. The number of para-hydroxylation sites is 2. The monoisotopic (exact) mass is 369 g/mol. The van der Waals surface area contributed by atoms with E-state index >= 15 is 0 Å². The van der Waals surface area contributed by atoms with Gasteiger partial charge in [-0.3, -0.25) is 19.7 Å². The highest BCUT2D eigenvalue weighted by molar-refractivity contribution is 6.01. The average molecular weight is 369 g/mol. The summed E-state index contributed by atoms with van der Waals surface area (Å²) < 4.78 is 5.57. The van der Waals surface area contributed by atoms with Gasteiger partial charge in [0.2, 0.25) is 5.91 Å². The number of nitro groups is 1. The number of carbonyl (C=O) groups is 2. The molecule has 0 aliphatic carbocycles. The highest BCUT2D eigenvalue weighted by atomic mass is 16.6. The Bertz CT molecular complexity index is 912. The number of nitro benzene ring substituents is 1. The number of nitrogens with zero attached hydrogens (tertiary/aromatic N) is 2. The lowest BCUT2D eigenvalue weighted by Gasteiger charge is -2.32. The Labute approximate surface area is 155 Å². The Hall–Kier alpha value is -3.42. The lowest BCUT2D eigenvalue weighted by atomic mass is 10.1. The molecule has 8 nitrogen and oxygen atoms in total. The number of nitrogens with one attached hydrogen (secondary N) is 1. The molecule has 1 aliphatic rings. The average Bonchev–Trinajstić information content (AvgIpc) is 2.63. The maximum atomic E-state index is 12.4. The Morgan fingerprint density at radius 1 is 1.26 bits per heavy atom. The van der Waals surface area contributed by atoms with Crippen LogP contribution in [0.5, 0.6) is 5.75 Å². The standard InChI is InChI=1S/C19H19N3O5/c1-12-14(6-5-8-15(12)22(25)26)20-18(23)10-11-21-16-7-3-4-9-17(16)27-13(2)19(21)24/h3-9,13H,10-11H2,1-2H3,(H,20,23)/t13-/m0/s1. The van der Waals surface area contributed by atoms with Crippen LogP contribution in [0.4, 0.5) is 17.1 Å². The maximum absolute atomic E-state index is 12.4. The Kier molecular flexibility index (Phi) is 5.07. The molecule has 1 N–H and O–H groups in total. The van der Waals surface area contributed by atoms with Gasteiger partial charge in [0.25, 0.3) is 11.6 Å². The maximum Gasteiger partial charge on any atom is 0.274 e. The highest BCUT2D eigenvalue weighted by Crippen LogP contribution is 2.33. The van der Waals surface area contributed by atoms with Crippen LogP contribution in [0, 0.1) is 17.0 Å². The van der Waals surface area contributed by atoms with Gasteiger partial charge in [0, 0.05) is 19.0 Å². The van der Waals surface area contributed by atoms with Crippen LogP contribution >= 0.6 is 0 Å². The molecule has 1 atom stereocenters. The molecule has 0 spiro atoms. The first kappa shape index (κ1) is 18.4. The second-order valence-corrected chi connectivity index (χ2v) is 6.22. The van der Waals surface area contributed by atoms with Crippen molar-refractivity contribution in [3.05, 3.63) is 58.1 Å². The fourth-order valence-electron chi connectivity index (χ4n) is 2.97. The van der Waals surface area contributed by atoms with Gasteiger partial charge in [-0.1, -0.05) is 18.2 Å². The van der Waals surface area contributed by atoms with Crippen molar-refractivity contribution in [3.63, 3.8) is 0 Å². The third-order valence-corrected chi connectivity index (χ3v) is 4.41. The van der Waals surface area contributed by atoms with Gasteiger partial charge in [0.15, 0.2) is 6.10 Å². The summed E-state index contributed by atoms with van der Waals surface area (Å²) in [6.45, 7) is 3.43. The third-order valence-electron chi connectivity index (χ3n) is 4.41. The van der Waals surface area contributed by atoms with Gasteiger partial charge in [0.1, 0.15) is 5.75 Å². The molecule has 2 aromatic carbocycles. The number of anilines is 2. The second kappa shape index (κ2) is 7.45. The van der Waals surface area contributed by atoms with Crippen LogP contribution in [0.2, 0.25) is 0 Å². The van der Waals surface area contributed by atoms with Gasteiger partial charge < -0.3 is 15.0 Å². The van der Waals surface area contributed by atoms with E-state index in [0.717, 1.165) is 0 Å². The number of amides is 2. The van der Waals surface area contributed by atoms with Crippen LogP contribution in [0.1, 0.15) is 18.9 Å². The number of ether oxygens (including phenoxy) is 1. The summed E-state index contributed by atoms with van der Waals surface area (Å²) in [6.07, 6.45) is -0.573. The van der Waals surface area contributed by atoms with Crippen LogP contribution in [-0.2, 0) is 9.59 Å². The molecule has 0 aromatic heterocycles. The van der Waals surface area contributed by atoms with E-state index in [4.69, 9.17) is 4.74 Å². The summed E-state index contributed by atoms with van der Waals surface area (Å²) in [5.74, 6) is 0.0515. The van der Waals surface area contributed by atoms with E-state index in [1.54, 1.807) is 38.1 Å². The number of hydrogen-bond acceptors (Lipinski definition) is 5. The summed E-state index contributed by atoms with van der Waals surface area (Å²) in [7, 11) is 0. The number of benzene rings is 2. The molecule has 2 amide bonds. The first-order valence-electron chi connectivity index (χ1n) is 8.49. The van der Waals surface area contributed by atoms with E-state index in [1.165, 1.54) is 17.0 Å². The summed E-state index contributed by atoms with van der Waals surface area (Å²) in [4.78, 5) is 36.8. The van der Waals surface area contributed by atoms with Gasteiger partial charge in [0.05, 0.1) is 21.9 Å². The normalized spacial score (nSPS) is 15.7. The lowest BCUT2D eigenvalue weighted by molar-refractivity contribution is -0.385. The molecule has 8 heteroatoms. The number of hydrogen-bond donors (Lipinski definition) is 1. The summed E-state index contributed by atoms with van der Waals surface area (Å²) in [5.41, 5.74) is 1.34. The summed E-state index contributed by atoms with van der Waals surface area (Å²) in [6, 6.07) is 11.7. The quantitative estimate of drug-likeness (QED) is 0.645. The van der Waals surface area contributed by atoms with Gasteiger partial charge in [-0.15, -0.1) is 0 Å². The van der Waals surface area contributed by atoms with Crippen molar-refractivity contribution in [3.8, 4) is 5.75 Å². The topological polar surface area (TPSA) is 102 Å². The van der Waals surface area contributed by atoms with Crippen molar-refractivity contribution in [2.24, 2.45) is 0 Å². The van der Waals surface area contributed by atoms with E-state index in [-0.39, 0.29) is 30.5 Å². The van der Waals surface area contributed by atoms with E-state index in [1.807, 2.05) is 6.07 Å². The van der Waals surface area contributed by atoms with Crippen LogP contribution in [0.3, 0.4) is 0 Å². The lowest BCUT2D eigenvalue weighted by Crippen LogP contribution is -2.45. The van der Waals surface area contributed by atoms with Crippen molar-refractivity contribution in [1.82, 2.24) is 0 Å². The molecule has 1 aliphatic heterocycles. The molecule has 0 radical (unpaired) electrons. The number of rotatable bonds is 5. The van der Waals surface area contributed by atoms with Crippen molar-refractivity contribution >= 4 is 28.9 Å². The zero-order valence-corrected chi connectivity index (χ0v) is 15.0. The first-order chi connectivity index (χ1) is 12.9. The summed E-state index contributed by atoms with van der Waals surface area (Å²) >= 11 is 0. The first-order valence-corrected chi connectivity index (χ1v) is 8.49. The van der Waals surface area contributed by atoms with Gasteiger partial charge >= 0.3 is 0 Å². The molecule has 0 bridgehead atoms. The minimum atomic E-state index is -0.623. The van der Waals surface area contributed by atoms with Crippen molar-refractivity contribution in [2.45, 2.75) is 26.4 Å². The van der Waals surface area contributed by atoms with Crippen molar-refractivity contribution in [1.29, 1.82) is 0 Å². The summed E-state index contributed by atoms with van der Waals surface area (Å²) in [5, 5.41) is 13.7. The van der Waals surface area contributed by atoms with E-state index < -0.39 is 11.0 Å². The van der Waals surface area contributed by atoms with Gasteiger partial charge in [-0.2, -0.15) is 0 Å². The highest BCUT2D eigenvalue weighted by Gasteiger charge is 2.31. The second-order valence-electron chi connectivity index (χ2n) is 6.22. The molecule has 1 heterocycles. The molecule has 3 rings (SSSR count). The zero-order valence-electron chi connectivity index (χ0n) is 15.0. The van der Waals surface area contributed by atoms with Crippen LogP contribution in [0.15, 0.2) is 42.5 Å². The molecule has 2 aromatic rings. The van der Waals surface area contributed by atoms with Crippen LogP contribution < -0.4 is 15.0 Å². The minimum Gasteiger partial charge on any atom is -0.479 e. The van der Waals surface area contributed by atoms with E-state index in [0.29, 0.717) is 22.7 Å². The number of carbonyl (C=O) groups excluding carboxylic acids is 2. The van der Waals surface area contributed by atoms with E-state index in [9.17, 15) is 19.7 Å². The predicted octanol–water partition coefficient (Wildman–Crippen LogP) is 3.05. The fraction of sp³-hybridized carbons (Fsp3) is 0.263. The molecule has 0 saturated carbocycles. The third kappa shape index (κ3) is 3.74. The molecular formula is C19H19N3O5. The largest absolute Gasteiger partial charge is 0.479 e. The van der Waals surface area contributed by atoms with Gasteiger partial charge in [-0.25, -0.2) is 0 Å². The van der Waals surface area contributed by atoms with Gasteiger partial charge in [-0.05, 0) is 32.0 Å². The van der Waals surface area contributed by atoms with Crippen molar-refractivity contribution in [2.75, 3.05) is 16.8 Å². The molecular weight excluding hydrogens is 350 g/mol. The molecule has 0 fully saturated rings. The Balaban J connectivity index is 1.70. The van der Waals surface area contributed by atoms with Crippen LogP contribution in [-0.4, -0.2) is 29.4 Å². The SMILES string of the molecule is Cc1c(NC(=O)CCN2C(=O)[C@H](C)Oc3ccccc32)cccc1[N+](=O)[O-]. The molecule has 27 heavy (non-hydrogen) atoms. The smallest absolute Gasteiger partial charge is 0.274 e. The van der Waals surface area contributed by atoms with E-state index in [2.05, 4.69) is 5.32 Å². The fourth-order valence-corrected chi connectivity index (χ4v) is 2.97. The zero-order chi connectivity index (χ0) is 19.6. The molecule has 0 unspecified atom stereocenters. The molecule has 140 valence electrons. The van der Waals surface area contributed by atoms with Crippen LogP contribution in [0.25, 0.3) is 0 Å². The predicted molar refractivity (Wildman–Crippen MR) is 100.0 cm³/mol.